The number of fused-ring (bicyclic) bond motifs is 4. The molecule has 0 N–H and O–H groups in total. The quantitative estimate of drug-likeness (QED) is 0.0840. The Morgan fingerprint density at radius 2 is 0.489 bits per heavy atom. The number of ether oxygens (including phenoxy) is 12. The van der Waals surface area contributed by atoms with Gasteiger partial charge in [-0.25, -0.2) is 14.4 Å². The molecule has 0 amide bonds. The van der Waals surface area contributed by atoms with Gasteiger partial charge in [0, 0.05) is 32.1 Å². The van der Waals surface area contributed by atoms with E-state index in [9.17, 15) is 14.4 Å². The summed E-state index contributed by atoms with van der Waals surface area (Å²) in [4.78, 5) is 40.9. The molecule has 1 aliphatic carbocycles. The highest BCUT2D eigenvalue weighted by Crippen LogP contribution is 2.46. The van der Waals surface area contributed by atoms with Crippen molar-refractivity contribution in [1.29, 1.82) is 0 Å². The maximum absolute atomic E-state index is 13.7. The Kier molecular flexibility index (Phi) is 25.3. The molecule has 1 aliphatic heterocycles. The van der Waals surface area contributed by atoms with Crippen LogP contribution in [0.4, 0.5) is 0 Å². The monoisotopic (exact) mass is 1270 g/mol. The molecule has 15 heteroatoms. The first-order valence-electron chi connectivity index (χ1n) is 33.1. The molecular formula is C77H106O15. The summed E-state index contributed by atoms with van der Waals surface area (Å²) in [7, 11) is 0. The van der Waals surface area contributed by atoms with Crippen molar-refractivity contribution in [3.63, 3.8) is 0 Å². The van der Waals surface area contributed by atoms with Gasteiger partial charge >= 0.3 is 17.9 Å². The Hall–Kier alpha value is -6.65. The van der Waals surface area contributed by atoms with E-state index in [0.29, 0.717) is 94.1 Å². The van der Waals surface area contributed by atoms with Gasteiger partial charge in [-0.05, 0) is 131 Å². The highest BCUT2D eigenvalue weighted by atomic mass is 16.6. The SMILES string of the molecule is CCOC(=O)COc1c2cc(C(C)(C)C)cc1Cc1cc(C(C)(C)C)cc3c1OCCOCCOCCOCCOCCOc1c(cc(C(C)(C)C)cc1Cc1cc(C(C)(C)C)cc(c1OCC(=O)OCC)Cc1cc(C(C)(C)C)cc(c1OCC(=O)OCC)C3)C2. The third kappa shape index (κ3) is 20.4. The van der Waals surface area contributed by atoms with Crippen molar-refractivity contribution in [3.8, 4) is 28.7 Å². The lowest BCUT2D eigenvalue weighted by Crippen LogP contribution is -2.20. The zero-order valence-corrected chi connectivity index (χ0v) is 58.7. The molecule has 0 atom stereocenters. The molecule has 5 aromatic rings. The number of rotatable bonds is 12. The van der Waals surface area contributed by atoms with Crippen LogP contribution >= 0.6 is 0 Å². The molecule has 0 unspecified atom stereocenters. The summed E-state index contributed by atoms with van der Waals surface area (Å²) in [6.07, 6.45) is 1.58. The molecule has 1 heterocycles. The van der Waals surface area contributed by atoms with Gasteiger partial charge in [0.2, 0.25) is 0 Å². The zero-order valence-electron chi connectivity index (χ0n) is 58.7. The number of benzene rings is 5. The third-order valence-electron chi connectivity index (χ3n) is 16.4. The van der Waals surface area contributed by atoms with E-state index in [1.54, 1.807) is 20.8 Å². The summed E-state index contributed by atoms with van der Waals surface area (Å²) >= 11 is 0. The van der Waals surface area contributed by atoms with Crippen molar-refractivity contribution in [2.75, 3.05) is 106 Å². The summed E-state index contributed by atoms with van der Waals surface area (Å²) in [6, 6.07) is 22.1. The van der Waals surface area contributed by atoms with Crippen LogP contribution in [0.5, 0.6) is 28.7 Å². The van der Waals surface area contributed by atoms with Gasteiger partial charge in [0.05, 0.1) is 72.7 Å². The molecule has 92 heavy (non-hydrogen) atoms. The summed E-state index contributed by atoms with van der Waals surface area (Å²) in [5.41, 5.74) is 11.9. The van der Waals surface area contributed by atoms with Gasteiger partial charge in [0.1, 0.15) is 42.0 Å². The van der Waals surface area contributed by atoms with Crippen LogP contribution < -0.4 is 23.7 Å². The van der Waals surface area contributed by atoms with Crippen molar-refractivity contribution in [2.45, 2.75) is 184 Å². The smallest absolute Gasteiger partial charge is 0.344 e. The maximum atomic E-state index is 13.7. The molecule has 0 aromatic heterocycles. The fourth-order valence-electron chi connectivity index (χ4n) is 11.4. The lowest BCUT2D eigenvalue weighted by molar-refractivity contribution is -0.146. The molecule has 0 radical (unpaired) electrons. The van der Waals surface area contributed by atoms with Crippen molar-refractivity contribution in [1.82, 2.24) is 0 Å². The second-order valence-corrected chi connectivity index (χ2v) is 29.2. The van der Waals surface area contributed by atoms with Crippen molar-refractivity contribution in [2.24, 2.45) is 0 Å². The predicted molar refractivity (Wildman–Crippen MR) is 360 cm³/mol. The van der Waals surface area contributed by atoms with Gasteiger partial charge in [0.15, 0.2) is 19.8 Å². The van der Waals surface area contributed by atoms with E-state index in [0.717, 1.165) is 83.5 Å². The second kappa shape index (κ2) is 32.0. The van der Waals surface area contributed by atoms with Gasteiger partial charge in [-0.3, -0.25) is 0 Å². The van der Waals surface area contributed by atoms with E-state index < -0.39 is 17.9 Å². The van der Waals surface area contributed by atoms with Crippen molar-refractivity contribution >= 4 is 17.9 Å². The Morgan fingerprint density at radius 1 is 0.304 bits per heavy atom. The van der Waals surface area contributed by atoms with E-state index in [1.165, 1.54) is 0 Å². The van der Waals surface area contributed by atoms with Gasteiger partial charge < -0.3 is 56.8 Å². The van der Waals surface area contributed by atoms with E-state index in [-0.39, 0.29) is 99.6 Å². The van der Waals surface area contributed by atoms with Crippen LogP contribution in [0.25, 0.3) is 0 Å². The Morgan fingerprint density at radius 3 is 0.685 bits per heavy atom. The molecule has 15 nitrogen and oxygen atoms in total. The van der Waals surface area contributed by atoms with Gasteiger partial charge in [-0.1, -0.05) is 165 Å². The van der Waals surface area contributed by atoms with Crippen LogP contribution in [0.1, 0.15) is 208 Å². The van der Waals surface area contributed by atoms with Gasteiger partial charge in [0.25, 0.3) is 0 Å². The minimum atomic E-state index is -0.506. The van der Waals surface area contributed by atoms with Crippen LogP contribution in [-0.2, 0) is 107 Å². The van der Waals surface area contributed by atoms with Gasteiger partial charge in [-0.15, -0.1) is 0 Å². The predicted octanol–water partition coefficient (Wildman–Crippen LogP) is 14.1. The molecule has 2 aliphatic rings. The molecule has 12 bridgehead atoms. The van der Waals surface area contributed by atoms with Crippen molar-refractivity contribution < 1.29 is 71.2 Å². The topological polar surface area (TPSA) is 162 Å². The minimum Gasteiger partial charge on any atom is -0.491 e. The minimum absolute atomic E-state index is 0.180. The molecule has 504 valence electrons. The van der Waals surface area contributed by atoms with Crippen molar-refractivity contribution in [3.05, 3.63) is 144 Å². The fourth-order valence-corrected chi connectivity index (χ4v) is 11.4. The van der Waals surface area contributed by atoms with Crippen LogP contribution in [0.15, 0.2) is 60.7 Å². The zero-order chi connectivity index (χ0) is 67.2. The summed E-state index contributed by atoms with van der Waals surface area (Å²) in [6.45, 7) is 41.0. The summed E-state index contributed by atoms with van der Waals surface area (Å²) < 4.78 is 76.0. The lowest BCUT2D eigenvalue weighted by Gasteiger charge is -2.29. The molecule has 0 saturated carbocycles. The van der Waals surface area contributed by atoms with Crippen LogP contribution in [0.2, 0.25) is 0 Å². The Bertz CT molecular complexity index is 3120. The summed E-state index contributed by atoms with van der Waals surface area (Å²) in [5.74, 6) is 1.40. The number of carbonyl (C=O) groups is 3. The van der Waals surface area contributed by atoms with E-state index in [2.05, 4.69) is 165 Å². The summed E-state index contributed by atoms with van der Waals surface area (Å²) in [5, 5.41) is 0. The standard InChI is InChI=1S/C77H106O15/c1-19-85-65(78)47-90-70-54-32-50-37-60(73(4,5)6)39-52-34-56-43-63(76(13,14)15)45-58(71(56)91-48-66(79)86-20-2)36-59-46-64(77(16,17)18)44-57(72(59)92-49-67(80)87-21-3)35-53-40-61(74(7,8)9)38-51(33-55(70)42-62(41-54)75(10,11)12)69(53)89-31-29-84-27-25-82-23-22-81-24-26-83-28-30-88-68(50)52/h37-46H,19-36,47-49H2,1-18H3. The maximum Gasteiger partial charge on any atom is 0.344 e. The highest BCUT2D eigenvalue weighted by molar-refractivity contribution is 5.73. The molecule has 7 rings (SSSR count). The Balaban J connectivity index is 1.72. The first kappa shape index (κ1) is 72.8. The van der Waals surface area contributed by atoms with E-state index in [1.807, 2.05) is 0 Å². The van der Waals surface area contributed by atoms with Gasteiger partial charge in [-0.2, -0.15) is 0 Å². The third-order valence-corrected chi connectivity index (χ3v) is 16.4. The molecule has 0 spiro atoms. The molecule has 0 fully saturated rings. The number of hydrogen-bond donors (Lipinski definition) is 0. The fraction of sp³-hybridized carbons (Fsp3) is 0.571. The van der Waals surface area contributed by atoms with Crippen LogP contribution in [-0.4, -0.2) is 124 Å². The molecule has 5 aromatic carbocycles. The average molecular weight is 1270 g/mol. The van der Waals surface area contributed by atoms with E-state index >= 15 is 0 Å². The largest absolute Gasteiger partial charge is 0.491 e. The lowest BCUT2D eigenvalue weighted by atomic mass is 9.79. The Labute approximate surface area is 549 Å². The number of carbonyl (C=O) groups excluding carboxylic acids is 3. The van der Waals surface area contributed by atoms with Crippen LogP contribution in [0.3, 0.4) is 0 Å². The second-order valence-electron chi connectivity index (χ2n) is 29.2. The number of hydrogen-bond acceptors (Lipinski definition) is 15. The molecule has 0 saturated heterocycles. The molecular weight excluding hydrogens is 1160 g/mol. The number of esters is 3. The average Bonchev–Trinajstić information content (AvgIpc) is 0.774. The van der Waals surface area contributed by atoms with Crippen LogP contribution in [0, 0.1) is 0 Å². The van der Waals surface area contributed by atoms with E-state index in [4.69, 9.17) is 56.8 Å². The highest BCUT2D eigenvalue weighted by Gasteiger charge is 2.31. The normalized spacial score (nSPS) is 15.2. The first-order valence-corrected chi connectivity index (χ1v) is 33.1. The first-order chi connectivity index (χ1) is 43.4.